The highest BCUT2D eigenvalue weighted by Gasteiger charge is 2.21. The van der Waals surface area contributed by atoms with Crippen LogP contribution in [0.15, 0.2) is 18.3 Å². The van der Waals surface area contributed by atoms with E-state index in [0.29, 0.717) is 17.1 Å². The van der Waals surface area contributed by atoms with E-state index >= 15 is 0 Å². The van der Waals surface area contributed by atoms with Gasteiger partial charge in [-0.1, -0.05) is 0 Å². The number of nitrogens with zero attached hydrogens (tertiary/aromatic N) is 4. The third kappa shape index (κ3) is 2.01. The molecule has 0 N–H and O–H groups in total. The average Bonchev–Trinajstić information content (AvgIpc) is 2.94. The summed E-state index contributed by atoms with van der Waals surface area (Å²) >= 11 is 0. The number of pyridine rings is 1. The van der Waals surface area contributed by atoms with E-state index in [1.54, 1.807) is 10.6 Å². The summed E-state index contributed by atoms with van der Waals surface area (Å²) in [5.41, 5.74) is 1.26. The molecular weight excluding hydrogens is 228 g/mol. The van der Waals surface area contributed by atoms with E-state index in [1.807, 2.05) is 12.3 Å². The molecule has 0 aromatic carbocycles. The first kappa shape index (κ1) is 11.3. The van der Waals surface area contributed by atoms with Crippen molar-refractivity contribution in [1.82, 2.24) is 19.5 Å². The van der Waals surface area contributed by atoms with Crippen LogP contribution in [0.1, 0.15) is 22.6 Å². The van der Waals surface area contributed by atoms with Gasteiger partial charge in [-0.2, -0.15) is 5.10 Å². The fraction of sp³-hybridized carbons (Fsp3) is 0.462. The number of likely N-dealkylation sites (tertiary alicyclic amines) is 1. The molecule has 18 heavy (non-hydrogen) atoms. The van der Waals surface area contributed by atoms with Crippen LogP contribution in [0.3, 0.4) is 0 Å². The zero-order valence-electron chi connectivity index (χ0n) is 10.4. The van der Waals surface area contributed by atoms with Crippen LogP contribution >= 0.6 is 0 Å². The number of rotatable bonds is 3. The molecule has 0 aliphatic carbocycles. The molecule has 2 aromatic rings. The summed E-state index contributed by atoms with van der Waals surface area (Å²) < 4.78 is 1.69. The van der Waals surface area contributed by atoms with Gasteiger partial charge in [0.05, 0.1) is 5.56 Å². The maximum Gasteiger partial charge on any atom is 0.166 e. The largest absolute Gasteiger partial charge is 0.306 e. The molecule has 3 heterocycles. The second-order valence-corrected chi connectivity index (χ2v) is 5.00. The molecule has 0 amide bonds. The Balaban J connectivity index is 1.87. The molecule has 0 spiro atoms. The topological polar surface area (TPSA) is 50.5 Å². The minimum atomic E-state index is 0.597. The number of fused-ring (bicyclic) bond motifs is 1. The molecule has 94 valence electrons. The maximum absolute atomic E-state index is 10.9. The number of hydrogen-bond acceptors (Lipinski definition) is 4. The number of aromatic nitrogens is 3. The van der Waals surface area contributed by atoms with Gasteiger partial charge < -0.3 is 4.90 Å². The maximum atomic E-state index is 10.9. The Kier molecular flexibility index (Phi) is 2.83. The van der Waals surface area contributed by atoms with Crippen LogP contribution < -0.4 is 0 Å². The van der Waals surface area contributed by atoms with Crippen molar-refractivity contribution in [3.05, 3.63) is 29.7 Å². The van der Waals surface area contributed by atoms with Gasteiger partial charge in [-0.25, -0.2) is 9.50 Å². The lowest BCUT2D eigenvalue weighted by Gasteiger charge is -2.07. The van der Waals surface area contributed by atoms with Crippen molar-refractivity contribution in [2.24, 2.45) is 5.92 Å². The molecular formula is C13H16N4O. The van der Waals surface area contributed by atoms with E-state index in [2.05, 4.69) is 22.0 Å². The van der Waals surface area contributed by atoms with Crippen LogP contribution in [0.2, 0.25) is 0 Å². The highest BCUT2D eigenvalue weighted by atomic mass is 16.1. The lowest BCUT2D eigenvalue weighted by molar-refractivity contribution is 0.112. The fourth-order valence-corrected chi connectivity index (χ4v) is 2.60. The summed E-state index contributed by atoms with van der Waals surface area (Å²) in [4.78, 5) is 17.7. The van der Waals surface area contributed by atoms with E-state index in [9.17, 15) is 4.79 Å². The van der Waals surface area contributed by atoms with E-state index in [0.717, 1.165) is 31.6 Å². The predicted molar refractivity (Wildman–Crippen MR) is 67.7 cm³/mol. The number of carbonyl (C=O) groups excluding carboxylic acids is 1. The van der Waals surface area contributed by atoms with Crippen LogP contribution in [0, 0.1) is 5.92 Å². The average molecular weight is 244 g/mol. The van der Waals surface area contributed by atoms with E-state index in [4.69, 9.17) is 0 Å². The Labute approximate surface area is 105 Å². The summed E-state index contributed by atoms with van der Waals surface area (Å²) in [5.74, 6) is 1.47. The van der Waals surface area contributed by atoms with E-state index in [1.165, 1.54) is 6.42 Å². The molecule has 0 bridgehead atoms. The Morgan fingerprint density at radius 3 is 3.17 bits per heavy atom. The minimum Gasteiger partial charge on any atom is -0.306 e. The van der Waals surface area contributed by atoms with Gasteiger partial charge in [-0.15, -0.1) is 0 Å². The van der Waals surface area contributed by atoms with Crippen molar-refractivity contribution < 1.29 is 4.79 Å². The minimum absolute atomic E-state index is 0.597. The summed E-state index contributed by atoms with van der Waals surface area (Å²) in [6, 6.07) is 3.59. The first-order valence-electron chi connectivity index (χ1n) is 6.24. The quantitative estimate of drug-likeness (QED) is 0.757. The van der Waals surface area contributed by atoms with Crippen molar-refractivity contribution in [2.75, 3.05) is 20.1 Å². The highest BCUT2D eigenvalue weighted by molar-refractivity contribution is 5.83. The molecule has 2 aromatic heterocycles. The molecule has 5 heteroatoms. The van der Waals surface area contributed by atoms with Gasteiger partial charge in [-0.05, 0) is 38.1 Å². The summed E-state index contributed by atoms with van der Waals surface area (Å²) in [5, 5.41) is 4.44. The lowest BCUT2D eigenvalue weighted by atomic mass is 10.1. The van der Waals surface area contributed by atoms with Crippen LogP contribution in [0.25, 0.3) is 5.65 Å². The fourth-order valence-electron chi connectivity index (χ4n) is 2.60. The molecule has 5 nitrogen and oxygen atoms in total. The van der Waals surface area contributed by atoms with Crippen molar-refractivity contribution in [3.8, 4) is 0 Å². The molecule has 1 aliphatic heterocycles. The Hall–Kier alpha value is -1.75. The van der Waals surface area contributed by atoms with Gasteiger partial charge >= 0.3 is 0 Å². The Morgan fingerprint density at radius 1 is 1.56 bits per heavy atom. The zero-order valence-corrected chi connectivity index (χ0v) is 10.4. The molecule has 0 radical (unpaired) electrons. The van der Waals surface area contributed by atoms with Crippen LogP contribution in [-0.2, 0) is 6.42 Å². The smallest absolute Gasteiger partial charge is 0.166 e. The first-order chi connectivity index (χ1) is 8.76. The predicted octanol–water partition coefficient (Wildman–Crippen LogP) is 1.04. The van der Waals surface area contributed by atoms with Crippen molar-refractivity contribution >= 4 is 11.9 Å². The van der Waals surface area contributed by atoms with Gasteiger partial charge in [0.15, 0.2) is 17.8 Å². The van der Waals surface area contributed by atoms with Crippen LogP contribution in [0.5, 0.6) is 0 Å². The Bertz CT molecular complexity index is 577. The molecule has 1 aliphatic rings. The highest BCUT2D eigenvalue weighted by Crippen LogP contribution is 2.18. The lowest BCUT2D eigenvalue weighted by Crippen LogP contribution is -2.15. The molecule has 1 unspecified atom stereocenters. The monoisotopic (exact) mass is 244 g/mol. The Morgan fingerprint density at radius 2 is 2.44 bits per heavy atom. The van der Waals surface area contributed by atoms with Crippen molar-refractivity contribution in [2.45, 2.75) is 12.8 Å². The summed E-state index contributed by atoms with van der Waals surface area (Å²) in [6.45, 7) is 2.26. The van der Waals surface area contributed by atoms with Gasteiger partial charge in [0.1, 0.15) is 0 Å². The van der Waals surface area contributed by atoms with Gasteiger partial charge in [-0.3, -0.25) is 4.79 Å². The second kappa shape index (κ2) is 4.49. The molecule has 1 saturated heterocycles. The van der Waals surface area contributed by atoms with Gasteiger partial charge in [0.2, 0.25) is 0 Å². The van der Waals surface area contributed by atoms with E-state index < -0.39 is 0 Å². The summed E-state index contributed by atoms with van der Waals surface area (Å²) in [7, 11) is 2.14. The number of carbonyl (C=O) groups is 1. The molecule has 3 rings (SSSR count). The van der Waals surface area contributed by atoms with Crippen LogP contribution in [-0.4, -0.2) is 45.9 Å². The van der Waals surface area contributed by atoms with Crippen molar-refractivity contribution in [3.63, 3.8) is 0 Å². The van der Waals surface area contributed by atoms with Gasteiger partial charge in [0.25, 0.3) is 0 Å². The molecule has 1 atom stereocenters. The van der Waals surface area contributed by atoms with Crippen LogP contribution in [0.4, 0.5) is 0 Å². The second-order valence-electron chi connectivity index (χ2n) is 5.00. The molecule has 1 fully saturated rings. The van der Waals surface area contributed by atoms with E-state index in [-0.39, 0.29) is 0 Å². The van der Waals surface area contributed by atoms with Crippen molar-refractivity contribution in [1.29, 1.82) is 0 Å². The van der Waals surface area contributed by atoms with Gasteiger partial charge in [0, 0.05) is 19.2 Å². The first-order valence-corrected chi connectivity index (χ1v) is 6.24. The third-order valence-corrected chi connectivity index (χ3v) is 3.52. The zero-order chi connectivity index (χ0) is 12.5. The normalized spacial score (nSPS) is 20.6. The number of aldehydes is 1. The summed E-state index contributed by atoms with van der Waals surface area (Å²) in [6.07, 6.45) is 4.76. The molecule has 0 saturated carbocycles. The SMILES string of the molecule is CN1CCC(Cc2nc3c(C=O)cccn3n2)C1. The standard InChI is InChI=1S/C13H16N4O/c1-16-6-4-10(8-16)7-12-14-13-11(9-18)3-2-5-17(13)15-12/h2-3,5,9-10H,4,6-8H2,1H3. The third-order valence-electron chi connectivity index (χ3n) is 3.52. The number of hydrogen-bond donors (Lipinski definition) is 0.